The summed E-state index contributed by atoms with van der Waals surface area (Å²) in [5.41, 5.74) is 0.716. The number of aromatic nitrogens is 3. The number of benzene rings is 1. The second kappa shape index (κ2) is 3.86. The van der Waals surface area contributed by atoms with Crippen molar-refractivity contribution < 1.29 is 9.21 Å². The first-order valence-corrected chi connectivity index (χ1v) is 5.19. The van der Waals surface area contributed by atoms with Crippen molar-refractivity contribution in [2.75, 3.05) is 0 Å². The van der Waals surface area contributed by atoms with Crippen LogP contribution in [-0.2, 0) is 6.42 Å². The third-order valence-electron chi connectivity index (χ3n) is 2.49. The van der Waals surface area contributed by atoms with Crippen molar-refractivity contribution in [2.24, 2.45) is 0 Å². The largest absolute Gasteiger partial charge is 0.453 e. The molecule has 0 saturated carbocycles. The van der Waals surface area contributed by atoms with Crippen LogP contribution in [0.1, 0.15) is 16.4 Å². The molecule has 84 valence electrons. The Morgan fingerprint density at radius 2 is 2.24 bits per heavy atom. The van der Waals surface area contributed by atoms with E-state index in [2.05, 4.69) is 15.2 Å². The van der Waals surface area contributed by atoms with E-state index in [1.165, 1.54) is 6.33 Å². The van der Waals surface area contributed by atoms with E-state index < -0.39 is 0 Å². The lowest BCUT2D eigenvalue weighted by molar-refractivity contribution is 0.0966. The topological polar surface area (TPSA) is 71.8 Å². The van der Waals surface area contributed by atoms with Crippen LogP contribution in [0.4, 0.5) is 0 Å². The molecule has 0 aliphatic heterocycles. The summed E-state index contributed by atoms with van der Waals surface area (Å²) in [6.07, 6.45) is 1.54. The van der Waals surface area contributed by atoms with Gasteiger partial charge in [-0.25, -0.2) is 4.98 Å². The molecule has 0 atom stereocenters. The van der Waals surface area contributed by atoms with E-state index >= 15 is 0 Å². The van der Waals surface area contributed by atoms with E-state index in [1.54, 1.807) is 6.07 Å². The molecule has 5 heteroatoms. The minimum absolute atomic E-state index is 0.113. The maximum Gasteiger partial charge on any atom is 0.205 e. The van der Waals surface area contributed by atoms with Gasteiger partial charge in [0.1, 0.15) is 17.7 Å². The quantitative estimate of drug-likeness (QED) is 0.694. The summed E-state index contributed by atoms with van der Waals surface area (Å²) in [4.78, 5) is 15.8. The number of hydrogen-bond donors (Lipinski definition) is 1. The lowest BCUT2D eigenvalue weighted by Crippen LogP contribution is -2.03. The van der Waals surface area contributed by atoms with Gasteiger partial charge in [-0.15, -0.1) is 0 Å². The van der Waals surface area contributed by atoms with Crippen LogP contribution in [0.2, 0.25) is 0 Å². The highest BCUT2D eigenvalue weighted by molar-refractivity contribution is 5.98. The first-order chi connectivity index (χ1) is 8.33. The normalized spacial score (nSPS) is 10.8. The number of nitrogens with one attached hydrogen (secondary N) is 1. The van der Waals surface area contributed by atoms with Gasteiger partial charge in [0.25, 0.3) is 0 Å². The molecule has 1 aromatic carbocycles. The Balaban J connectivity index is 1.90. The second-order valence-electron chi connectivity index (χ2n) is 3.68. The highest BCUT2D eigenvalue weighted by Gasteiger charge is 2.13. The van der Waals surface area contributed by atoms with Crippen LogP contribution in [0.5, 0.6) is 0 Å². The smallest absolute Gasteiger partial charge is 0.205 e. The predicted molar refractivity (Wildman–Crippen MR) is 60.6 cm³/mol. The number of para-hydroxylation sites is 1. The van der Waals surface area contributed by atoms with Gasteiger partial charge in [0.05, 0.1) is 6.42 Å². The Labute approximate surface area is 96.5 Å². The molecule has 5 nitrogen and oxygen atoms in total. The Bertz CT molecular complexity index is 622. The zero-order chi connectivity index (χ0) is 11.7. The van der Waals surface area contributed by atoms with Crippen LogP contribution < -0.4 is 0 Å². The van der Waals surface area contributed by atoms with Crippen molar-refractivity contribution in [2.45, 2.75) is 6.42 Å². The van der Waals surface area contributed by atoms with Gasteiger partial charge in [-0.1, -0.05) is 18.2 Å². The fourth-order valence-electron chi connectivity index (χ4n) is 1.67. The molecule has 2 aromatic heterocycles. The number of aromatic amines is 1. The summed E-state index contributed by atoms with van der Waals surface area (Å²) < 4.78 is 5.47. The summed E-state index contributed by atoms with van der Waals surface area (Å²) >= 11 is 0. The van der Waals surface area contributed by atoms with Crippen molar-refractivity contribution >= 4 is 16.8 Å². The van der Waals surface area contributed by atoms with E-state index in [4.69, 9.17) is 4.42 Å². The van der Waals surface area contributed by atoms with Gasteiger partial charge in [0.2, 0.25) is 5.78 Å². The van der Waals surface area contributed by atoms with Crippen molar-refractivity contribution in [3.05, 3.63) is 48.2 Å². The number of H-pyrrole nitrogens is 1. The lowest BCUT2D eigenvalue weighted by atomic mass is 10.2. The molecular formula is C12H9N3O2. The summed E-state index contributed by atoms with van der Waals surface area (Å²) in [6, 6.07) is 9.26. The van der Waals surface area contributed by atoms with Gasteiger partial charge in [-0.3, -0.25) is 9.89 Å². The Hall–Kier alpha value is -2.43. The fraction of sp³-hybridized carbons (Fsp3) is 0.0833. The molecular weight excluding hydrogens is 218 g/mol. The van der Waals surface area contributed by atoms with Gasteiger partial charge >= 0.3 is 0 Å². The van der Waals surface area contributed by atoms with Crippen LogP contribution in [0.3, 0.4) is 0 Å². The average Bonchev–Trinajstić information content (AvgIpc) is 2.96. The molecule has 0 aliphatic rings. The van der Waals surface area contributed by atoms with E-state index in [9.17, 15) is 4.79 Å². The van der Waals surface area contributed by atoms with E-state index in [0.717, 1.165) is 5.39 Å². The Kier molecular flexibility index (Phi) is 2.22. The number of furan rings is 1. The third kappa shape index (κ3) is 1.82. The van der Waals surface area contributed by atoms with E-state index in [1.807, 2.05) is 24.3 Å². The molecule has 0 amide bonds. The van der Waals surface area contributed by atoms with E-state index in [0.29, 0.717) is 17.2 Å². The molecule has 0 unspecified atom stereocenters. The maximum atomic E-state index is 11.9. The first kappa shape index (κ1) is 9.77. The van der Waals surface area contributed by atoms with Gasteiger partial charge in [0.15, 0.2) is 5.76 Å². The van der Waals surface area contributed by atoms with Crippen molar-refractivity contribution in [1.29, 1.82) is 0 Å². The maximum absolute atomic E-state index is 11.9. The fourth-order valence-corrected chi connectivity index (χ4v) is 1.67. The van der Waals surface area contributed by atoms with Crippen LogP contribution in [0.15, 0.2) is 41.1 Å². The molecule has 1 N–H and O–H groups in total. The number of carbonyl (C=O) groups is 1. The molecule has 0 saturated heterocycles. The van der Waals surface area contributed by atoms with Gasteiger partial charge < -0.3 is 4.42 Å². The van der Waals surface area contributed by atoms with Crippen molar-refractivity contribution in [1.82, 2.24) is 15.2 Å². The zero-order valence-electron chi connectivity index (χ0n) is 8.88. The Morgan fingerprint density at radius 3 is 3.00 bits per heavy atom. The van der Waals surface area contributed by atoms with Crippen LogP contribution >= 0.6 is 0 Å². The second-order valence-corrected chi connectivity index (χ2v) is 3.68. The number of carbonyl (C=O) groups excluding carboxylic acids is 1. The van der Waals surface area contributed by atoms with Crippen LogP contribution in [0.25, 0.3) is 11.0 Å². The summed E-state index contributed by atoms with van der Waals surface area (Å²) in [5.74, 6) is 0.774. The average molecular weight is 227 g/mol. The van der Waals surface area contributed by atoms with Crippen molar-refractivity contribution in [3.8, 4) is 0 Å². The van der Waals surface area contributed by atoms with Crippen molar-refractivity contribution in [3.63, 3.8) is 0 Å². The molecule has 0 aliphatic carbocycles. The molecule has 17 heavy (non-hydrogen) atoms. The highest BCUT2D eigenvalue weighted by atomic mass is 16.3. The molecule has 3 rings (SSSR count). The third-order valence-corrected chi connectivity index (χ3v) is 2.49. The standard InChI is InChI=1S/C12H9N3O2/c16-9(6-12-13-7-14-15-12)11-5-8-3-1-2-4-10(8)17-11/h1-5,7H,6H2,(H,13,14,15). The number of ketones is 1. The number of hydrogen-bond acceptors (Lipinski definition) is 4. The molecule has 0 spiro atoms. The SMILES string of the molecule is O=C(Cc1ncn[nH]1)c1cc2ccccc2o1. The van der Waals surface area contributed by atoms with Crippen LogP contribution in [-0.4, -0.2) is 21.0 Å². The molecule has 0 fully saturated rings. The lowest BCUT2D eigenvalue weighted by Gasteiger charge is -1.92. The summed E-state index contributed by atoms with van der Waals surface area (Å²) in [7, 11) is 0. The minimum Gasteiger partial charge on any atom is -0.453 e. The molecule has 2 heterocycles. The number of rotatable bonds is 3. The minimum atomic E-state index is -0.113. The van der Waals surface area contributed by atoms with Gasteiger partial charge in [0, 0.05) is 5.39 Å². The van der Waals surface area contributed by atoms with Gasteiger partial charge in [-0.2, -0.15) is 5.10 Å². The van der Waals surface area contributed by atoms with Gasteiger partial charge in [-0.05, 0) is 12.1 Å². The molecule has 0 bridgehead atoms. The summed E-state index contributed by atoms with van der Waals surface area (Å²) in [5, 5.41) is 7.27. The van der Waals surface area contributed by atoms with E-state index in [-0.39, 0.29) is 12.2 Å². The monoisotopic (exact) mass is 227 g/mol. The van der Waals surface area contributed by atoms with Crippen LogP contribution in [0, 0.1) is 0 Å². The predicted octanol–water partition coefficient (Wildman–Crippen LogP) is 1.98. The summed E-state index contributed by atoms with van der Waals surface area (Å²) in [6.45, 7) is 0. The first-order valence-electron chi connectivity index (χ1n) is 5.19. The number of fused-ring (bicyclic) bond motifs is 1. The zero-order valence-corrected chi connectivity index (χ0v) is 8.88. The molecule has 0 radical (unpaired) electrons. The number of nitrogens with zero attached hydrogens (tertiary/aromatic N) is 2. The highest BCUT2D eigenvalue weighted by Crippen LogP contribution is 2.19. The Morgan fingerprint density at radius 1 is 1.35 bits per heavy atom. The number of Topliss-reactive ketones (excluding diaryl/α,β-unsaturated/α-hetero) is 1. The molecule has 3 aromatic rings.